The molecule has 1 fully saturated rings. The maximum atomic E-state index is 12.8. The van der Waals surface area contributed by atoms with Crippen LogP contribution in [0.4, 0.5) is 17.1 Å². The van der Waals surface area contributed by atoms with Crippen molar-refractivity contribution in [1.82, 2.24) is 4.90 Å². The summed E-state index contributed by atoms with van der Waals surface area (Å²) in [5, 5.41) is 10.8. The Hall–Kier alpha value is -3.09. The molecule has 0 saturated carbocycles. The van der Waals surface area contributed by atoms with Crippen molar-refractivity contribution in [1.29, 1.82) is 0 Å². The van der Waals surface area contributed by atoms with Gasteiger partial charge in [-0.2, -0.15) is 0 Å². The molecule has 136 valence electrons. The second-order valence-electron chi connectivity index (χ2n) is 6.50. The summed E-state index contributed by atoms with van der Waals surface area (Å²) in [6.45, 7) is 2.66. The molecule has 0 spiro atoms. The van der Waals surface area contributed by atoms with Gasteiger partial charge in [0.25, 0.3) is 11.6 Å². The number of hydrogen-bond donors (Lipinski definition) is 0. The van der Waals surface area contributed by atoms with Crippen molar-refractivity contribution in [2.45, 2.75) is 0 Å². The average molecular weight is 354 g/mol. The monoisotopic (exact) mass is 354 g/mol. The smallest absolute Gasteiger partial charge is 0.269 e. The van der Waals surface area contributed by atoms with Crippen LogP contribution in [-0.2, 0) is 0 Å². The summed E-state index contributed by atoms with van der Waals surface area (Å²) in [7, 11) is 3.90. The molecule has 2 aromatic carbocycles. The quantitative estimate of drug-likeness (QED) is 0.624. The van der Waals surface area contributed by atoms with Crippen molar-refractivity contribution in [2.24, 2.45) is 0 Å². The van der Waals surface area contributed by atoms with Crippen molar-refractivity contribution >= 4 is 23.0 Å². The number of nitro benzene ring substituents is 1. The first-order valence-electron chi connectivity index (χ1n) is 8.52. The van der Waals surface area contributed by atoms with Gasteiger partial charge >= 0.3 is 0 Å². The lowest BCUT2D eigenvalue weighted by molar-refractivity contribution is -0.384. The standard InChI is InChI=1S/C19H22N4O3/c1-20(2)18-5-3-4-15(14-18)19(24)22-12-10-21(11-13-22)16-6-8-17(9-7-16)23(25)26/h3-9,14H,10-13H2,1-2H3. The normalized spacial score (nSPS) is 14.2. The summed E-state index contributed by atoms with van der Waals surface area (Å²) in [4.78, 5) is 29.1. The summed E-state index contributed by atoms with van der Waals surface area (Å²) in [6, 6.07) is 14.2. The minimum atomic E-state index is -0.401. The Balaban J connectivity index is 1.63. The molecule has 0 N–H and O–H groups in total. The van der Waals surface area contributed by atoms with E-state index in [1.165, 1.54) is 12.1 Å². The van der Waals surface area contributed by atoms with Crippen LogP contribution in [-0.4, -0.2) is 56.0 Å². The number of nitro groups is 1. The Labute approximate surface area is 152 Å². The highest BCUT2D eigenvalue weighted by Crippen LogP contribution is 2.22. The highest BCUT2D eigenvalue weighted by Gasteiger charge is 2.23. The highest BCUT2D eigenvalue weighted by molar-refractivity contribution is 5.95. The molecule has 3 rings (SSSR count). The predicted octanol–water partition coefficient (Wildman–Crippen LogP) is 2.62. The van der Waals surface area contributed by atoms with E-state index in [4.69, 9.17) is 0 Å². The van der Waals surface area contributed by atoms with Crippen LogP contribution in [0.5, 0.6) is 0 Å². The van der Waals surface area contributed by atoms with E-state index in [0.29, 0.717) is 31.7 Å². The molecule has 0 aliphatic carbocycles. The number of hydrogen-bond acceptors (Lipinski definition) is 5. The maximum absolute atomic E-state index is 12.8. The van der Waals surface area contributed by atoms with Gasteiger partial charge in [-0.15, -0.1) is 0 Å². The number of piperazine rings is 1. The van der Waals surface area contributed by atoms with Crippen LogP contribution >= 0.6 is 0 Å². The van der Waals surface area contributed by atoms with Gasteiger partial charge in [-0.1, -0.05) is 6.07 Å². The molecule has 1 heterocycles. The topological polar surface area (TPSA) is 69.9 Å². The number of nitrogens with zero attached hydrogens (tertiary/aromatic N) is 4. The molecule has 2 aromatic rings. The number of benzene rings is 2. The van der Waals surface area contributed by atoms with Crippen LogP contribution < -0.4 is 9.80 Å². The van der Waals surface area contributed by atoms with Gasteiger partial charge in [0.1, 0.15) is 0 Å². The molecular weight excluding hydrogens is 332 g/mol. The Morgan fingerprint density at radius 2 is 1.69 bits per heavy atom. The molecule has 7 heteroatoms. The third-order valence-corrected chi connectivity index (χ3v) is 4.60. The second-order valence-corrected chi connectivity index (χ2v) is 6.50. The molecule has 1 amide bonds. The Kier molecular flexibility index (Phi) is 5.06. The lowest BCUT2D eigenvalue weighted by atomic mass is 10.1. The first-order chi connectivity index (χ1) is 12.5. The van der Waals surface area contributed by atoms with E-state index in [9.17, 15) is 14.9 Å². The third-order valence-electron chi connectivity index (χ3n) is 4.60. The third kappa shape index (κ3) is 3.77. The Morgan fingerprint density at radius 1 is 1.04 bits per heavy atom. The van der Waals surface area contributed by atoms with Gasteiger partial charge in [-0.05, 0) is 30.3 Å². The van der Waals surface area contributed by atoms with Gasteiger partial charge < -0.3 is 14.7 Å². The zero-order valence-electron chi connectivity index (χ0n) is 15.0. The van der Waals surface area contributed by atoms with E-state index < -0.39 is 4.92 Å². The molecule has 1 aliphatic heterocycles. The molecule has 1 saturated heterocycles. The van der Waals surface area contributed by atoms with E-state index in [1.807, 2.05) is 48.2 Å². The van der Waals surface area contributed by atoms with Crippen LogP contribution in [0.3, 0.4) is 0 Å². The molecule has 0 aromatic heterocycles. The van der Waals surface area contributed by atoms with Gasteiger partial charge in [0.05, 0.1) is 4.92 Å². The van der Waals surface area contributed by atoms with Gasteiger partial charge in [0.2, 0.25) is 0 Å². The summed E-state index contributed by atoms with van der Waals surface area (Å²) < 4.78 is 0. The van der Waals surface area contributed by atoms with Crippen molar-refractivity contribution in [3.63, 3.8) is 0 Å². The van der Waals surface area contributed by atoms with Crippen molar-refractivity contribution < 1.29 is 9.72 Å². The summed E-state index contributed by atoms with van der Waals surface area (Å²) >= 11 is 0. The highest BCUT2D eigenvalue weighted by atomic mass is 16.6. The molecular formula is C19H22N4O3. The lowest BCUT2D eigenvalue weighted by Crippen LogP contribution is -2.48. The number of rotatable bonds is 4. The van der Waals surface area contributed by atoms with E-state index in [-0.39, 0.29) is 11.6 Å². The number of carbonyl (C=O) groups excluding carboxylic acids is 1. The van der Waals surface area contributed by atoms with Crippen molar-refractivity contribution in [2.75, 3.05) is 50.1 Å². The summed E-state index contributed by atoms with van der Waals surface area (Å²) in [6.07, 6.45) is 0. The van der Waals surface area contributed by atoms with Crippen molar-refractivity contribution in [3.05, 3.63) is 64.2 Å². The zero-order valence-corrected chi connectivity index (χ0v) is 15.0. The summed E-state index contributed by atoms with van der Waals surface area (Å²) in [5.41, 5.74) is 2.72. The van der Waals surface area contributed by atoms with Gasteiger partial charge in [0, 0.05) is 69.3 Å². The van der Waals surface area contributed by atoms with Gasteiger partial charge in [-0.25, -0.2) is 0 Å². The van der Waals surface area contributed by atoms with Gasteiger partial charge in [0.15, 0.2) is 0 Å². The van der Waals surface area contributed by atoms with E-state index in [1.54, 1.807) is 12.1 Å². The average Bonchev–Trinajstić information content (AvgIpc) is 2.67. The predicted molar refractivity (Wildman–Crippen MR) is 102 cm³/mol. The Bertz CT molecular complexity index is 797. The van der Waals surface area contributed by atoms with Crippen LogP contribution in [0, 0.1) is 10.1 Å². The fourth-order valence-electron chi connectivity index (χ4n) is 3.05. The molecule has 7 nitrogen and oxygen atoms in total. The van der Waals surface area contributed by atoms with Gasteiger partial charge in [-0.3, -0.25) is 14.9 Å². The largest absolute Gasteiger partial charge is 0.378 e. The van der Waals surface area contributed by atoms with Crippen LogP contribution in [0.25, 0.3) is 0 Å². The maximum Gasteiger partial charge on any atom is 0.269 e. The molecule has 0 unspecified atom stereocenters. The minimum absolute atomic E-state index is 0.0389. The Morgan fingerprint density at radius 3 is 2.27 bits per heavy atom. The van der Waals surface area contributed by atoms with E-state index >= 15 is 0 Å². The first-order valence-corrected chi connectivity index (χ1v) is 8.52. The number of anilines is 2. The SMILES string of the molecule is CN(C)c1cccc(C(=O)N2CCN(c3ccc([N+](=O)[O-])cc3)CC2)c1. The van der Waals surface area contributed by atoms with Crippen LogP contribution in [0.2, 0.25) is 0 Å². The molecule has 0 atom stereocenters. The first kappa shape index (κ1) is 17.7. The second kappa shape index (κ2) is 7.43. The van der Waals surface area contributed by atoms with Crippen LogP contribution in [0.1, 0.15) is 10.4 Å². The van der Waals surface area contributed by atoms with E-state index in [2.05, 4.69) is 4.90 Å². The molecule has 1 aliphatic rings. The van der Waals surface area contributed by atoms with E-state index in [0.717, 1.165) is 11.4 Å². The van der Waals surface area contributed by atoms with Crippen LogP contribution in [0.15, 0.2) is 48.5 Å². The lowest BCUT2D eigenvalue weighted by Gasteiger charge is -2.36. The molecule has 26 heavy (non-hydrogen) atoms. The molecule has 0 bridgehead atoms. The minimum Gasteiger partial charge on any atom is -0.378 e. The number of carbonyl (C=O) groups is 1. The fourth-order valence-corrected chi connectivity index (χ4v) is 3.05. The number of non-ortho nitro benzene ring substituents is 1. The van der Waals surface area contributed by atoms with Crippen molar-refractivity contribution in [3.8, 4) is 0 Å². The fraction of sp³-hybridized carbons (Fsp3) is 0.316. The number of amides is 1. The molecule has 0 radical (unpaired) electrons. The zero-order chi connectivity index (χ0) is 18.7. The summed E-state index contributed by atoms with van der Waals surface area (Å²) in [5.74, 6) is 0.0389.